The van der Waals surface area contributed by atoms with Gasteiger partial charge in [-0.25, -0.2) is 0 Å². The molecule has 4 nitrogen and oxygen atoms in total. The number of amides is 1. The Balaban J connectivity index is 1.85. The molecule has 20 heavy (non-hydrogen) atoms. The minimum Gasteiger partial charge on any atom is -0.378 e. The Kier molecular flexibility index (Phi) is 5.14. The van der Waals surface area contributed by atoms with E-state index >= 15 is 0 Å². The number of anilines is 1. The highest BCUT2D eigenvalue weighted by Gasteiger charge is 2.17. The zero-order chi connectivity index (χ0) is 14.4. The molecule has 0 N–H and O–H groups in total. The number of benzene rings is 1. The first-order chi connectivity index (χ1) is 9.70. The molecule has 1 aliphatic rings. The van der Waals surface area contributed by atoms with E-state index in [-0.39, 0.29) is 12.0 Å². The number of hydrogen-bond acceptors (Lipinski definition) is 3. The summed E-state index contributed by atoms with van der Waals surface area (Å²) in [4.78, 5) is 13.8. The van der Waals surface area contributed by atoms with Gasteiger partial charge in [0, 0.05) is 25.8 Å². The van der Waals surface area contributed by atoms with E-state index in [1.54, 1.807) is 36.2 Å². The molecule has 1 aromatic rings. The van der Waals surface area contributed by atoms with Crippen LogP contribution in [0.3, 0.4) is 0 Å². The lowest BCUT2D eigenvalue weighted by Crippen LogP contribution is -2.28. The van der Waals surface area contributed by atoms with Crippen molar-refractivity contribution in [3.05, 3.63) is 29.8 Å². The summed E-state index contributed by atoms with van der Waals surface area (Å²) in [5.74, 6) is 0.0869. The van der Waals surface area contributed by atoms with Gasteiger partial charge in [-0.1, -0.05) is 0 Å². The lowest BCUT2D eigenvalue weighted by atomic mass is 10.0. The van der Waals surface area contributed by atoms with Crippen molar-refractivity contribution in [2.75, 3.05) is 18.6 Å². The van der Waals surface area contributed by atoms with E-state index in [1.807, 2.05) is 0 Å². The molecule has 1 heterocycles. The summed E-state index contributed by atoms with van der Waals surface area (Å²) >= 11 is 0. The maximum absolute atomic E-state index is 12.1. The van der Waals surface area contributed by atoms with E-state index in [4.69, 9.17) is 10.00 Å². The molecule has 0 spiro atoms. The van der Waals surface area contributed by atoms with Gasteiger partial charge in [-0.15, -0.1) is 0 Å². The van der Waals surface area contributed by atoms with E-state index in [1.165, 1.54) is 6.42 Å². The van der Waals surface area contributed by atoms with Gasteiger partial charge in [-0.2, -0.15) is 5.26 Å². The van der Waals surface area contributed by atoms with Crippen molar-refractivity contribution >= 4 is 11.6 Å². The van der Waals surface area contributed by atoms with Crippen molar-refractivity contribution < 1.29 is 9.53 Å². The van der Waals surface area contributed by atoms with Crippen molar-refractivity contribution in [1.29, 1.82) is 5.26 Å². The average molecular weight is 272 g/mol. The van der Waals surface area contributed by atoms with Crippen LogP contribution < -0.4 is 4.90 Å². The largest absolute Gasteiger partial charge is 0.378 e. The molecule has 0 aromatic heterocycles. The highest BCUT2D eigenvalue weighted by molar-refractivity contribution is 5.92. The van der Waals surface area contributed by atoms with Crippen LogP contribution in [0, 0.1) is 11.3 Å². The van der Waals surface area contributed by atoms with Gasteiger partial charge in [0.25, 0.3) is 0 Å². The van der Waals surface area contributed by atoms with Gasteiger partial charge in [0.2, 0.25) is 5.91 Å². The topological polar surface area (TPSA) is 53.3 Å². The molecule has 1 amide bonds. The number of ether oxygens (including phenoxy) is 1. The van der Waals surface area contributed by atoms with Gasteiger partial charge < -0.3 is 9.64 Å². The molecule has 1 aromatic carbocycles. The Bertz CT molecular complexity index is 484. The molecule has 2 rings (SSSR count). The first kappa shape index (κ1) is 14.5. The fourth-order valence-corrected chi connectivity index (χ4v) is 2.39. The normalized spacial score (nSPS) is 18.3. The highest BCUT2D eigenvalue weighted by atomic mass is 16.5. The lowest BCUT2D eigenvalue weighted by Gasteiger charge is -2.23. The molecular formula is C16H20N2O2. The first-order valence-electron chi connectivity index (χ1n) is 7.09. The quantitative estimate of drug-likeness (QED) is 0.847. The maximum atomic E-state index is 12.1. The van der Waals surface area contributed by atoms with Crippen LogP contribution in [0.1, 0.15) is 37.7 Å². The Morgan fingerprint density at radius 1 is 1.40 bits per heavy atom. The molecule has 0 saturated carbocycles. The second-order valence-corrected chi connectivity index (χ2v) is 5.14. The number of hydrogen-bond donors (Lipinski definition) is 0. The van der Waals surface area contributed by atoms with Crippen molar-refractivity contribution in [2.45, 2.75) is 38.2 Å². The molecule has 1 fully saturated rings. The number of rotatable bonds is 4. The van der Waals surface area contributed by atoms with Crippen molar-refractivity contribution in [1.82, 2.24) is 0 Å². The lowest BCUT2D eigenvalue weighted by molar-refractivity contribution is -0.119. The molecule has 1 aliphatic heterocycles. The van der Waals surface area contributed by atoms with Crippen LogP contribution in [0.15, 0.2) is 24.3 Å². The Morgan fingerprint density at radius 3 is 2.75 bits per heavy atom. The van der Waals surface area contributed by atoms with Crippen LogP contribution in [0.2, 0.25) is 0 Å². The highest BCUT2D eigenvalue weighted by Crippen LogP contribution is 2.19. The van der Waals surface area contributed by atoms with Crippen molar-refractivity contribution in [3.8, 4) is 6.07 Å². The van der Waals surface area contributed by atoms with Gasteiger partial charge in [0.15, 0.2) is 0 Å². The van der Waals surface area contributed by atoms with E-state index in [9.17, 15) is 4.79 Å². The van der Waals surface area contributed by atoms with Gasteiger partial charge >= 0.3 is 0 Å². The summed E-state index contributed by atoms with van der Waals surface area (Å²) < 4.78 is 5.64. The minimum absolute atomic E-state index is 0.0869. The molecule has 1 atom stereocenters. The van der Waals surface area contributed by atoms with Gasteiger partial charge in [-0.3, -0.25) is 4.79 Å². The molecule has 0 aliphatic carbocycles. The zero-order valence-electron chi connectivity index (χ0n) is 11.8. The fourth-order valence-electron chi connectivity index (χ4n) is 2.39. The summed E-state index contributed by atoms with van der Waals surface area (Å²) in [6, 6.07) is 9.12. The molecule has 0 radical (unpaired) electrons. The molecule has 1 saturated heterocycles. The van der Waals surface area contributed by atoms with E-state index < -0.39 is 0 Å². The van der Waals surface area contributed by atoms with E-state index in [2.05, 4.69) is 6.07 Å². The van der Waals surface area contributed by atoms with Crippen LogP contribution in [-0.4, -0.2) is 25.7 Å². The Morgan fingerprint density at radius 2 is 2.15 bits per heavy atom. The number of nitrogens with zero attached hydrogens (tertiary/aromatic N) is 2. The third kappa shape index (κ3) is 3.82. The SMILES string of the molecule is CN(C(=O)CCC1CCCCO1)c1ccc(C#N)cc1. The molecule has 1 unspecified atom stereocenters. The van der Waals surface area contributed by atoms with E-state index in [0.29, 0.717) is 12.0 Å². The molecular weight excluding hydrogens is 252 g/mol. The molecule has 0 bridgehead atoms. The van der Waals surface area contributed by atoms with Crippen molar-refractivity contribution in [3.63, 3.8) is 0 Å². The second kappa shape index (κ2) is 7.06. The summed E-state index contributed by atoms with van der Waals surface area (Å²) in [6.45, 7) is 0.824. The summed E-state index contributed by atoms with van der Waals surface area (Å²) in [5, 5.41) is 8.76. The standard InChI is InChI=1S/C16H20N2O2/c1-18(14-7-5-13(12-17)6-8-14)16(19)10-9-15-4-2-3-11-20-15/h5-8,15H,2-4,9-11H2,1H3. The zero-order valence-corrected chi connectivity index (χ0v) is 11.8. The van der Waals surface area contributed by atoms with Gasteiger partial charge in [0.05, 0.1) is 17.7 Å². The minimum atomic E-state index is 0.0869. The van der Waals surface area contributed by atoms with Crippen LogP contribution in [0.5, 0.6) is 0 Å². The van der Waals surface area contributed by atoms with Crippen LogP contribution in [0.4, 0.5) is 5.69 Å². The Labute approximate surface area is 120 Å². The van der Waals surface area contributed by atoms with Gasteiger partial charge in [-0.05, 0) is 49.9 Å². The Hall–Kier alpha value is -1.86. The first-order valence-corrected chi connectivity index (χ1v) is 7.09. The van der Waals surface area contributed by atoms with Gasteiger partial charge in [0.1, 0.15) is 0 Å². The average Bonchev–Trinajstić information content (AvgIpc) is 2.53. The number of carbonyl (C=O) groups excluding carboxylic acids is 1. The van der Waals surface area contributed by atoms with Crippen molar-refractivity contribution in [2.24, 2.45) is 0 Å². The van der Waals surface area contributed by atoms with Crippen LogP contribution in [0.25, 0.3) is 0 Å². The predicted octanol–water partition coefficient (Wildman–Crippen LogP) is 2.87. The third-order valence-electron chi connectivity index (χ3n) is 3.71. The molecule has 4 heteroatoms. The monoisotopic (exact) mass is 272 g/mol. The third-order valence-corrected chi connectivity index (χ3v) is 3.71. The van der Waals surface area contributed by atoms with E-state index in [0.717, 1.165) is 31.6 Å². The predicted molar refractivity (Wildman–Crippen MR) is 77.4 cm³/mol. The smallest absolute Gasteiger partial charge is 0.226 e. The second-order valence-electron chi connectivity index (χ2n) is 5.14. The number of nitriles is 1. The fraction of sp³-hybridized carbons (Fsp3) is 0.500. The maximum Gasteiger partial charge on any atom is 0.226 e. The summed E-state index contributed by atoms with van der Waals surface area (Å²) in [5.41, 5.74) is 1.42. The van der Waals surface area contributed by atoms with Crippen LogP contribution in [-0.2, 0) is 9.53 Å². The van der Waals surface area contributed by atoms with Crippen LogP contribution >= 0.6 is 0 Å². The summed E-state index contributed by atoms with van der Waals surface area (Å²) in [6.07, 6.45) is 4.93. The number of carbonyl (C=O) groups is 1. The molecule has 106 valence electrons. The summed E-state index contributed by atoms with van der Waals surface area (Å²) in [7, 11) is 1.77.